The Morgan fingerprint density at radius 2 is 1.79 bits per heavy atom. The molecule has 1 unspecified atom stereocenters. The monoisotopic (exact) mass is 525 g/mol. The van der Waals surface area contributed by atoms with Gasteiger partial charge in [0.05, 0.1) is 18.7 Å². The lowest BCUT2D eigenvalue weighted by Gasteiger charge is -2.26. The molecule has 2 atom stereocenters. The number of hydrogen-bond donors (Lipinski definition) is 1. The molecule has 0 amide bonds. The summed E-state index contributed by atoms with van der Waals surface area (Å²) in [6, 6.07) is 24.8. The number of ether oxygens (including phenoxy) is 1. The van der Waals surface area contributed by atoms with Gasteiger partial charge in [-0.05, 0) is 66.3 Å². The average Bonchev–Trinajstić information content (AvgIpc) is 3.78. The summed E-state index contributed by atoms with van der Waals surface area (Å²) in [4.78, 5) is 17.7. The van der Waals surface area contributed by atoms with Crippen molar-refractivity contribution < 1.29 is 19.0 Å². The van der Waals surface area contributed by atoms with E-state index in [1.165, 1.54) is 19.2 Å². The van der Waals surface area contributed by atoms with Gasteiger partial charge in [0.1, 0.15) is 5.82 Å². The zero-order valence-corrected chi connectivity index (χ0v) is 21.9. The Bertz CT molecular complexity index is 1490. The van der Waals surface area contributed by atoms with Crippen molar-refractivity contribution >= 4 is 28.6 Å². The van der Waals surface area contributed by atoms with Gasteiger partial charge in [0, 0.05) is 39.5 Å². The van der Waals surface area contributed by atoms with Crippen molar-refractivity contribution in [1.82, 2.24) is 4.98 Å². The second-order valence-electron chi connectivity index (χ2n) is 9.39. The topological polar surface area (TPSA) is 59.4 Å². The molecule has 1 N–H and O–H groups in total. The third-order valence-corrected chi connectivity index (χ3v) is 7.86. The van der Waals surface area contributed by atoms with Crippen LogP contribution in [0.3, 0.4) is 0 Å². The van der Waals surface area contributed by atoms with E-state index in [1.54, 1.807) is 11.8 Å². The number of pyridine rings is 1. The molecule has 1 aliphatic carbocycles. The quantitative estimate of drug-likeness (QED) is 0.115. The predicted molar refractivity (Wildman–Crippen MR) is 149 cm³/mol. The molecule has 0 aliphatic heterocycles. The molecule has 0 radical (unpaired) electrons. The highest BCUT2D eigenvalue weighted by Crippen LogP contribution is 2.51. The number of aliphatic hydroxyl groups is 1. The van der Waals surface area contributed by atoms with Crippen molar-refractivity contribution in [2.75, 3.05) is 7.11 Å². The van der Waals surface area contributed by atoms with Gasteiger partial charge in [0.25, 0.3) is 0 Å². The number of aromatic nitrogens is 1. The van der Waals surface area contributed by atoms with E-state index in [1.807, 2.05) is 48.5 Å². The van der Waals surface area contributed by atoms with Crippen LogP contribution in [0.15, 0.2) is 83.8 Å². The Kier molecular flexibility index (Phi) is 8.07. The van der Waals surface area contributed by atoms with E-state index in [2.05, 4.69) is 34.8 Å². The molecule has 0 bridgehead atoms. The molecule has 4 aromatic rings. The fraction of sp³-hybridized carbons (Fsp3) is 0.250. The van der Waals surface area contributed by atoms with Crippen molar-refractivity contribution in [3.63, 3.8) is 0 Å². The summed E-state index contributed by atoms with van der Waals surface area (Å²) in [6.07, 6.45) is 1.91. The Hall–Kier alpha value is -3.66. The first-order valence-electron chi connectivity index (χ1n) is 12.7. The normalized spacial score (nSPS) is 14.4. The van der Waals surface area contributed by atoms with Gasteiger partial charge in [0.2, 0.25) is 0 Å². The SMILES string of the molecule is COC(=O)C#CC[C@H](O)CC(Sc1ccccc1)c1c(C2CC2)nc2ccccc2c1-c1ccc(F)cc1. The second-order valence-corrected chi connectivity index (χ2v) is 10.7. The number of carbonyl (C=O) groups excluding carboxylic acids is 1. The van der Waals surface area contributed by atoms with Gasteiger partial charge in [-0.1, -0.05) is 54.5 Å². The third kappa shape index (κ3) is 6.07. The number of fused-ring (bicyclic) bond motifs is 1. The molecule has 1 fully saturated rings. The van der Waals surface area contributed by atoms with E-state index < -0.39 is 12.1 Å². The van der Waals surface area contributed by atoms with E-state index in [9.17, 15) is 14.3 Å². The highest BCUT2D eigenvalue weighted by molar-refractivity contribution is 7.99. The number of para-hydroxylation sites is 1. The minimum Gasteiger partial charge on any atom is -0.459 e. The number of halogens is 1. The Morgan fingerprint density at radius 1 is 1.08 bits per heavy atom. The van der Waals surface area contributed by atoms with E-state index in [4.69, 9.17) is 4.98 Å². The fourth-order valence-electron chi connectivity index (χ4n) is 4.68. The van der Waals surface area contributed by atoms with Crippen LogP contribution in [0.1, 0.15) is 48.1 Å². The molecule has 6 heteroatoms. The van der Waals surface area contributed by atoms with Gasteiger partial charge < -0.3 is 9.84 Å². The number of methoxy groups -OCH3 is 1. The Morgan fingerprint density at radius 3 is 2.50 bits per heavy atom. The van der Waals surface area contributed by atoms with E-state index in [-0.39, 0.29) is 17.5 Å². The van der Waals surface area contributed by atoms with Crippen LogP contribution in [0.2, 0.25) is 0 Å². The molecule has 1 aromatic heterocycles. The number of rotatable bonds is 8. The summed E-state index contributed by atoms with van der Waals surface area (Å²) >= 11 is 1.68. The van der Waals surface area contributed by atoms with Crippen LogP contribution in [-0.2, 0) is 9.53 Å². The van der Waals surface area contributed by atoms with E-state index >= 15 is 0 Å². The summed E-state index contributed by atoms with van der Waals surface area (Å²) in [5.74, 6) is 4.59. The van der Waals surface area contributed by atoms with Crippen LogP contribution >= 0.6 is 11.8 Å². The number of aliphatic hydroxyl groups excluding tert-OH is 1. The highest BCUT2D eigenvalue weighted by atomic mass is 32.2. The minimum absolute atomic E-state index is 0.145. The first-order valence-corrected chi connectivity index (χ1v) is 13.6. The zero-order valence-electron chi connectivity index (χ0n) is 21.1. The van der Waals surface area contributed by atoms with Crippen molar-refractivity contribution in [3.8, 4) is 23.0 Å². The fourth-order valence-corrected chi connectivity index (χ4v) is 6.00. The number of benzene rings is 3. The predicted octanol–water partition coefficient (Wildman–Crippen LogP) is 7.07. The van der Waals surface area contributed by atoms with Gasteiger partial charge in [0.15, 0.2) is 0 Å². The van der Waals surface area contributed by atoms with E-state index in [0.29, 0.717) is 12.3 Å². The molecule has 1 heterocycles. The molecule has 38 heavy (non-hydrogen) atoms. The summed E-state index contributed by atoms with van der Waals surface area (Å²) in [5, 5.41) is 11.9. The number of thioether (sulfide) groups is 1. The minimum atomic E-state index is -0.770. The van der Waals surface area contributed by atoms with Crippen molar-refractivity contribution in [2.24, 2.45) is 0 Å². The molecule has 0 saturated heterocycles. The molecule has 1 aliphatic rings. The van der Waals surface area contributed by atoms with Crippen LogP contribution in [0.4, 0.5) is 4.39 Å². The van der Waals surface area contributed by atoms with Gasteiger partial charge >= 0.3 is 5.97 Å². The summed E-state index contributed by atoms with van der Waals surface area (Å²) in [5.41, 5.74) is 4.97. The highest BCUT2D eigenvalue weighted by Gasteiger charge is 2.34. The molecule has 192 valence electrons. The Labute approximate surface area is 226 Å². The Balaban J connectivity index is 1.66. The lowest BCUT2D eigenvalue weighted by molar-refractivity contribution is -0.133. The molecular formula is C32H28FNO3S. The van der Waals surface area contributed by atoms with Gasteiger partial charge in [-0.15, -0.1) is 11.8 Å². The maximum Gasteiger partial charge on any atom is 0.384 e. The largest absolute Gasteiger partial charge is 0.459 e. The van der Waals surface area contributed by atoms with Gasteiger partial charge in [-0.3, -0.25) is 4.98 Å². The number of carbonyl (C=O) groups is 1. The average molecular weight is 526 g/mol. The number of hydrogen-bond acceptors (Lipinski definition) is 5. The second kappa shape index (κ2) is 11.8. The summed E-state index contributed by atoms with van der Waals surface area (Å²) in [6.45, 7) is 0. The maximum atomic E-state index is 14.0. The zero-order chi connectivity index (χ0) is 26.5. The summed E-state index contributed by atoms with van der Waals surface area (Å²) < 4.78 is 18.5. The van der Waals surface area contributed by atoms with Crippen LogP contribution < -0.4 is 0 Å². The van der Waals surface area contributed by atoms with Crippen LogP contribution in [-0.4, -0.2) is 29.3 Å². The van der Waals surface area contributed by atoms with Gasteiger partial charge in [-0.25, -0.2) is 9.18 Å². The lowest BCUT2D eigenvalue weighted by atomic mass is 9.89. The third-order valence-electron chi connectivity index (χ3n) is 6.60. The van der Waals surface area contributed by atoms with Crippen molar-refractivity contribution in [1.29, 1.82) is 0 Å². The van der Waals surface area contributed by atoms with Crippen LogP contribution in [0.5, 0.6) is 0 Å². The maximum absolute atomic E-state index is 14.0. The van der Waals surface area contributed by atoms with Crippen LogP contribution in [0, 0.1) is 17.7 Å². The first-order chi connectivity index (χ1) is 18.5. The van der Waals surface area contributed by atoms with Crippen molar-refractivity contribution in [2.45, 2.75) is 47.9 Å². The van der Waals surface area contributed by atoms with Crippen molar-refractivity contribution in [3.05, 3.63) is 95.9 Å². The molecule has 1 saturated carbocycles. The smallest absolute Gasteiger partial charge is 0.384 e. The number of esters is 1. The van der Waals surface area contributed by atoms with E-state index in [0.717, 1.165) is 51.0 Å². The summed E-state index contributed by atoms with van der Waals surface area (Å²) in [7, 11) is 1.28. The molecular weight excluding hydrogens is 497 g/mol. The molecule has 4 nitrogen and oxygen atoms in total. The molecule has 5 rings (SSSR count). The number of nitrogens with zero attached hydrogens (tertiary/aromatic N) is 1. The lowest BCUT2D eigenvalue weighted by Crippen LogP contribution is -2.14. The van der Waals surface area contributed by atoms with Gasteiger partial charge in [-0.2, -0.15) is 0 Å². The molecule has 3 aromatic carbocycles. The standard InChI is InChI=1S/C32H28FNO3S/c1-37-29(36)13-7-8-24(35)20-28(38-25-9-3-2-4-10-25)31-30(21-16-18-23(33)19-17-21)26-11-5-6-12-27(26)34-32(31)22-14-15-22/h2-6,9-12,16-19,22,24,28,35H,8,14-15,20H2,1H3/t24-,28?/m0/s1. The van der Waals surface area contributed by atoms with Crippen LogP contribution in [0.25, 0.3) is 22.0 Å². The molecule has 0 spiro atoms. The first kappa shape index (κ1) is 26.0.